The number of rotatable bonds is 7. The zero-order chi connectivity index (χ0) is 22.7. The number of aryl methyl sites for hydroxylation is 1. The molecular weight excluding hydrogens is 430 g/mol. The van der Waals surface area contributed by atoms with Crippen LogP contribution in [0.1, 0.15) is 25.0 Å². The SMILES string of the molecule is COc1ccc(-c2cnoc2-c2cc(C)c(C)c(OC)c2)cc1NC(=O)C([NH3+])C(C)C.[Cl-]. The highest BCUT2D eigenvalue weighted by atomic mass is 35.5. The Balaban J connectivity index is 0.00000363. The van der Waals surface area contributed by atoms with Gasteiger partial charge in [-0.15, -0.1) is 0 Å². The van der Waals surface area contributed by atoms with E-state index in [2.05, 4.69) is 16.2 Å². The molecule has 0 saturated carbocycles. The van der Waals surface area contributed by atoms with Crippen molar-refractivity contribution in [2.75, 3.05) is 19.5 Å². The molecule has 0 fully saturated rings. The molecule has 1 amide bonds. The predicted octanol–water partition coefficient (Wildman–Crippen LogP) is 0.852. The minimum absolute atomic E-state index is 0. The number of nitrogens with one attached hydrogen (secondary N) is 1. The van der Waals surface area contributed by atoms with Crippen LogP contribution < -0.4 is 32.9 Å². The van der Waals surface area contributed by atoms with Crippen molar-refractivity contribution in [2.45, 2.75) is 33.7 Å². The first-order valence-electron chi connectivity index (χ1n) is 10.2. The van der Waals surface area contributed by atoms with Crippen molar-refractivity contribution in [3.63, 3.8) is 0 Å². The minimum Gasteiger partial charge on any atom is -1.00 e. The van der Waals surface area contributed by atoms with Gasteiger partial charge in [-0.25, -0.2) is 0 Å². The molecule has 0 aliphatic carbocycles. The van der Waals surface area contributed by atoms with E-state index >= 15 is 0 Å². The molecule has 0 bridgehead atoms. The van der Waals surface area contributed by atoms with E-state index in [0.29, 0.717) is 17.2 Å². The molecule has 2 aromatic carbocycles. The summed E-state index contributed by atoms with van der Waals surface area (Å²) in [6.07, 6.45) is 1.67. The van der Waals surface area contributed by atoms with E-state index < -0.39 is 0 Å². The van der Waals surface area contributed by atoms with Crippen molar-refractivity contribution < 1.29 is 36.9 Å². The molecule has 1 atom stereocenters. The molecule has 0 spiro atoms. The highest BCUT2D eigenvalue weighted by Crippen LogP contribution is 2.38. The fourth-order valence-corrected chi connectivity index (χ4v) is 3.32. The van der Waals surface area contributed by atoms with Gasteiger partial charge >= 0.3 is 0 Å². The van der Waals surface area contributed by atoms with E-state index in [-0.39, 0.29) is 30.3 Å². The lowest BCUT2D eigenvalue weighted by atomic mass is 9.98. The number of carbonyl (C=O) groups is 1. The first kappa shape index (κ1) is 25.2. The van der Waals surface area contributed by atoms with Crippen molar-refractivity contribution in [1.29, 1.82) is 0 Å². The van der Waals surface area contributed by atoms with Gasteiger partial charge in [0.25, 0.3) is 5.91 Å². The average molecular weight is 460 g/mol. The summed E-state index contributed by atoms with van der Waals surface area (Å²) in [6.45, 7) is 7.98. The molecule has 8 heteroatoms. The van der Waals surface area contributed by atoms with Crippen LogP contribution in [0.15, 0.2) is 41.1 Å². The summed E-state index contributed by atoms with van der Waals surface area (Å²) >= 11 is 0. The quantitative estimate of drug-likeness (QED) is 0.545. The lowest BCUT2D eigenvalue weighted by Gasteiger charge is -2.15. The van der Waals surface area contributed by atoms with Crippen molar-refractivity contribution in [3.8, 4) is 33.9 Å². The molecule has 7 nitrogen and oxygen atoms in total. The molecule has 4 N–H and O–H groups in total. The molecular formula is C24H30ClN3O4. The summed E-state index contributed by atoms with van der Waals surface area (Å²) in [6, 6.07) is 9.20. The Labute approximate surface area is 194 Å². The van der Waals surface area contributed by atoms with Crippen molar-refractivity contribution in [3.05, 3.63) is 47.7 Å². The number of hydrogen-bond donors (Lipinski definition) is 2. The Morgan fingerprint density at radius 3 is 2.38 bits per heavy atom. The number of halogens is 1. The summed E-state index contributed by atoms with van der Waals surface area (Å²) in [5.41, 5.74) is 9.21. The highest BCUT2D eigenvalue weighted by molar-refractivity contribution is 5.96. The number of anilines is 1. The van der Waals surface area contributed by atoms with E-state index in [0.717, 1.165) is 33.6 Å². The largest absolute Gasteiger partial charge is 1.00 e. The second kappa shape index (κ2) is 10.5. The number of benzene rings is 2. The molecule has 32 heavy (non-hydrogen) atoms. The van der Waals surface area contributed by atoms with Gasteiger partial charge in [-0.05, 0) is 54.8 Å². The van der Waals surface area contributed by atoms with Crippen LogP contribution in [0.25, 0.3) is 22.5 Å². The van der Waals surface area contributed by atoms with Gasteiger partial charge in [0.1, 0.15) is 11.5 Å². The molecule has 172 valence electrons. The molecule has 3 aromatic rings. The highest BCUT2D eigenvalue weighted by Gasteiger charge is 2.23. The lowest BCUT2D eigenvalue weighted by Crippen LogP contribution is -3.00. The zero-order valence-electron chi connectivity index (χ0n) is 19.3. The Bertz CT molecular complexity index is 1090. The zero-order valence-corrected chi connectivity index (χ0v) is 20.0. The van der Waals surface area contributed by atoms with Crippen LogP contribution in [0.4, 0.5) is 5.69 Å². The van der Waals surface area contributed by atoms with E-state index in [4.69, 9.17) is 14.0 Å². The maximum atomic E-state index is 12.6. The molecule has 1 unspecified atom stereocenters. The Morgan fingerprint density at radius 2 is 1.75 bits per heavy atom. The summed E-state index contributed by atoms with van der Waals surface area (Å²) in [7, 11) is 3.22. The topological polar surface area (TPSA) is 101 Å². The molecule has 1 heterocycles. The number of quaternary nitrogens is 1. The van der Waals surface area contributed by atoms with Crippen molar-refractivity contribution in [2.24, 2.45) is 5.92 Å². The minimum atomic E-state index is -0.373. The monoisotopic (exact) mass is 459 g/mol. The van der Waals surface area contributed by atoms with Crippen LogP contribution in [0.5, 0.6) is 11.5 Å². The Kier molecular flexibility index (Phi) is 8.30. The van der Waals surface area contributed by atoms with Crippen molar-refractivity contribution >= 4 is 11.6 Å². The van der Waals surface area contributed by atoms with Crippen LogP contribution in [0, 0.1) is 19.8 Å². The number of hydrogen-bond acceptors (Lipinski definition) is 5. The molecule has 0 saturated heterocycles. The normalized spacial score (nSPS) is 11.6. The maximum Gasteiger partial charge on any atom is 0.282 e. The summed E-state index contributed by atoms with van der Waals surface area (Å²) in [5.74, 6) is 1.95. The number of amides is 1. The van der Waals surface area contributed by atoms with Gasteiger partial charge in [0.2, 0.25) is 0 Å². The van der Waals surface area contributed by atoms with Crippen LogP contribution in [-0.4, -0.2) is 31.3 Å². The number of nitrogens with zero attached hydrogens (tertiary/aromatic N) is 1. The number of ether oxygens (including phenoxy) is 2. The molecule has 0 aliphatic heterocycles. The molecule has 1 aromatic heterocycles. The van der Waals surface area contributed by atoms with Crippen LogP contribution in [0.2, 0.25) is 0 Å². The van der Waals surface area contributed by atoms with E-state index in [1.54, 1.807) is 20.4 Å². The van der Waals surface area contributed by atoms with E-state index in [9.17, 15) is 4.79 Å². The summed E-state index contributed by atoms with van der Waals surface area (Å²) in [5, 5.41) is 6.96. The standard InChI is InChI=1S/C24H29N3O4.ClH/c1-13(2)22(25)24(28)27-19-10-16(7-8-20(19)29-5)18-12-26-31-23(18)17-9-14(3)15(4)21(11-17)30-6;/h7-13,22H,25H2,1-6H3,(H,27,28);1H. The van der Waals surface area contributed by atoms with Gasteiger partial charge in [-0.1, -0.05) is 25.1 Å². The lowest BCUT2D eigenvalue weighted by molar-refractivity contribution is -0.412. The van der Waals surface area contributed by atoms with Gasteiger partial charge in [0.05, 0.1) is 26.1 Å². The van der Waals surface area contributed by atoms with Gasteiger partial charge in [0.15, 0.2) is 11.8 Å². The molecule has 0 radical (unpaired) electrons. The van der Waals surface area contributed by atoms with Gasteiger partial charge in [0, 0.05) is 17.0 Å². The van der Waals surface area contributed by atoms with Crippen LogP contribution in [0.3, 0.4) is 0 Å². The molecule has 3 rings (SSSR count). The predicted molar refractivity (Wildman–Crippen MR) is 120 cm³/mol. The fraction of sp³-hybridized carbons (Fsp3) is 0.333. The second-order valence-electron chi connectivity index (χ2n) is 7.94. The number of methoxy groups -OCH3 is 2. The molecule has 0 aliphatic rings. The second-order valence-corrected chi connectivity index (χ2v) is 7.94. The smallest absolute Gasteiger partial charge is 0.282 e. The number of carbonyl (C=O) groups excluding carboxylic acids is 1. The third-order valence-electron chi connectivity index (χ3n) is 5.58. The summed E-state index contributed by atoms with van der Waals surface area (Å²) in [4.78, 5) is 12.6. The maximum absolute atomic E-state index is 12.6. The van der Waals surface area contributed by atoms with Crippen molar-refractivity contribution in [1.82, 2.24) is 5.16 Å². The van der Waals surface area contributed by atoms with E-state index in [1.807, 2.05) is 58.0 Å². The van der Waals surface area contributed by atoms with Crippen LogP contribution in [-0.2, 0) is 4.79 Å². The van der Waals surface area contributed by atoms with Gasteiger partial charge in [-0.3, -0.25) is 4.79 Å². The first-order valence-corrected chi connectivity index (χ1v) is 10.2. The van der Waals surface area contributed by atoms with E-state index in [1.165, 1.54) is 0 Å². The summed E-state index contributed by atoms with van der Waals surface area (Å²) < 4.78 is 16.6. The number of aromatic nitrogens is 1. The Hall–Kier alpha value is -3.03. The van der Waals surface area contributed by atoms with Crippen LogP contribution >= 0.6 is 0 Å². The third kappa shape index (κ3) is 5.06. The average Bonchev–Trinajstić information content (AvgIpc) is 3.24. The Morgan fingerprint density at radius 1 is 1.06 bits per heavy atom. The fourth-order valence-electron chi connectivity index (χ4n) is 3.32. The van der Waals surface area contributed by atoms with Gasteiger partial charge in [-0.2, -0.15) is 0 Å². The third-order valence-corrected chi connectivity index (χ3v) is 5.58. The van der Waals surface area contributed by atoms with Gasteiger partial charge < -0.3 is 37.5 Å². The first-order chi connectivity index (χ1) is 14.8.